The maximum atomic E-state index is 11.7. The van der Waals surface area contributed by atoms with Crippen LogP contribution in [0.2, 0.25) is 5.15 Å². The molecule has 2 rings (SSSR count). The summed E-state index contributed by atoms with van der Waals surface area (Å²) in [4.78, 5) is 15.7. The van der Waals surface area contributed by atoms with Gasteiger partial charge in [-0.25, -0.2) is 14.3 Å². The Morgan fingerprint density at radius 2 is 2.59 bits per heavy atom. The molecule has 2 aromatic rings. The van der Waals surface area contributed by atoms with Gasteiger partial charge >= 0.3 is 5.97 Å². The summed E-state index contributed by atoms with van der Waals surface area (Å²) in [6.45, 7) is -0.544. The highest BCUT2D eigenvalue weighted by Gasteiger charge is 2.16. The number of nitrogens with zero attached hydrogens (tertiary/aromatic N) is 3. The lowest BCUT2D eigenvalue weighted by atomic mass is 10.4. The van der Waals surface area contributed by atoms with E-state index in [1.165, 1.54) is 12.3 Å². The highest BCUT2D eigenvalue weighted by molar-refractivity contribution is 6.29. The molecule has 2 aromatic heterocycles. The molecule has 0 aliphatic rings. The summed E-state index contributed by atoms with van der Waals surface area (Å²) in [5.74, 6) is -0.616. The normalized spacial score (nSPS) is 13.9. The molecule has 0 fully saturated rings. The van der Waals surface area contributed by atoms with Gasteiger partial charge in [0.2, 0.25) is 0 Å². The molecule has 7 heteroatoms. The van der Waals surface area contributed by atoms with Gasteiger partial charge in [-0.15, -0.1) is 0 Å². The molecular weight excluding hydrogens is 244 g/mol. The molecule has 0 bridgehead atoms. The second-order valence-corrected chi connectivity index (χ2v) is 3.49. The van der Waals surface area contributed by atoms with Crippen LogP contribution in [0.25, 0.3) is 5.65 Å². The average molecular weight is 258 g/mol. The predicted octanol–water partition coefficient (Wildman–Crippen LogP) is 1.60. The van der Waals surface area contributed by atoms with E-state index < -0.39 is 12.9 Å². The fraction of sp³-hybridized carbons (Fsp3) is 0.300. The number of esters is 1. The largest absolute Gasteiger partial charge is 0.461 e. The lowest BCUT2D eigenvalue weighted by Crippen LogP contribution is -2.10. The summed E-state index contributed by atoms with van der Waals surface area (Å²) >= 11 is 5.83. The van der Waals surface area contributed by atoms with Gasteiger partial charge in [-0.1, -0.05) is 11.6 Å². The number of rotatable bonds is 3. The molecular formula is C10H11ClN4O2. The number of anilines is 1. The third-order valence-corrected chi connectivity index (χ3v) is 2.24. The van der Waals surface area contributed by atoms with Crippen LogP contribution in [0.3, 0.4) is 0 Å². The van der Waals surface area contributed by atoms with Gasteiger partial charge in [0.1, 0.15) is 0 Å². The van der Waals surface area contributed by atoms with Crippen LogP contribution in [-0.4, -0.2) is 34.2 Å². The molecule has 0 aliphatic carbocycles. The minimum Gasteiger partial charge on any atom is -0.461 e. The number of hydrogen-bond donors (Lipinski definition) is 1. The van der Waals surface area contributed by atoms with Gasteiger partial charge in [0.15, 0.2) is 16.5 Å². The Hall–Kier alpha value is -1.82. The lowest BCUT2D eigenvalue weighted by molar-refractivity contribution is 0.0517. The summed E-state index contributed by atoms with van der Waals surface area (Å²) in [6, 6.07) is 1.32. The van der Waals surface area contributed by atoms with E-state index >= 15 is 0 Å². The van der Waals surface area contributed by atoms with E-state index in [0.717, 1.165) is 4.52 Å². The maximum Gasteiger partial charge on any atom is 0.358 e. The topological polar surface area (TPSA) is 68.5 Å². The number of ether oxygens (including phenoxy) is 1. The molecule has 0 amide bonds. The first kappa shape index (κ1) is 8.30. The van der Waals surface area contributed by atoms with Crippen molar-refractivity contribution in [1.82, 2.24) is 14.6 Å². The van der Waals surface area contributed by atoms with E-state index in [-0.39, 0.29) is 28.8 Å². The van der Waals surface area contributed by atoms with Crippen molar-refractivity contribution >= 4 is 28.9 Å². The molecule has 1 N–H and O–H groups in total. The van der Waals surface area contributed by atoms with Gasteiger partial charge in [0.25, 0.3) is 0 Å². The van der Waals surface area contributed by atoms with Crippen LogP contribution < -0.4 is 5.32 Å². The van der Waals surface area contributed by atoms with Gasteiger partial charge in [-0.05, 0) is 6.92 Å². The summed E-state index contributed by atoms with van der Waals surface area (Å²) in [5, 5.41) is 6.24. The van der Waals surface area contributed by atoms with E-state index in [0.29, 0.717) is 0 Å². The van der Waals surface area contributed by atoms with Gasteiger partial charge in [0, 0.05) is 17.2 Å². The van der Waals surface area contributed by atoms with E-state index in [2.05, 4.69) is 15.4 Å². The number of halogens is 1. The molecule has 6 nitrogen and oxygen atoms in total. The third kappa shape index (κ3) is 2.03. The first-order chi connectivity index (χ1) is 9.31. The predicted molar refractivity (Wildman–Crippen MR) is 63.5 cm³/mol. The van der Waals surface area contributed by atoms with Crippen molar-refractivity contribution in [3.63, 3.8) is 0 Å². The molecule has 0 aromatic carbocycles. The summed E-state index contributed by atoms with van der Waals surface area (Å²) in [5.41, 5.74) is 0.395. The fourth-order valence-electron chi connectivity index (χ4n) is 1.37. The second kappa shape index (κ2) is 4.58. The Morgan fingerprint density at radius 3 is 3.29 bits per heavy atom. The van der Waals surface area contributed by atoms with Crippen molar-refractivity contribution in [2.75, 3.05) is 18.9 Å². The Balaban J connectivity index is 2.54. The van der Waals surface area contributed by atoms with Crippen molar-refractivity contribution in [3.8, 4) is 0 Å². The first-order valence-corrected chi connectivity index (χ1v) is 5.19. The molecule has 0 unspecified atom stereocenters. The zero-order valence-electron chi connectivity index (χ0n) is 11.9. The summed E-state index contributed by atoms with van der Waals surface area (Å²) < 4.78 is 27.6. The van der Waals surface area contributed by atoms with Gasteiger partial charge < -0.3 is 10.1 Å². The Kier molecular flexibility index (Phi) is 2.24. The van der Waals surface area contributed by atoms with Crippen LogP contribution >= 0.6 is 11.6 Å². The zero-order valence-corrected chi connectivity index (χ0v) is 9.65. The number of imidazole rings is 1. The fourth-order valence-corrected chi connectivity index (χ4v) is 1.56. The minimum atomic E-state index is -2.42. The molecule has 90 valence electrons. The van der Waals surface area contributed by atoms with Crippen LogP contribution in [-0.2, 0) is 4.74 Å². The molecule has 0 atom stereocenters. The van der Waals surface area contributed by atoms with Crippen LogP contribution in [0.15, 0.2) is 12.3 Å². The Bertz CT molecular complexity index is 656. The van der Waals surface area contributed by atoms with E-state index in [9.17, 15) is 4.79 Å². The number of carbonyl (C=O) groups excluding carboxylic acids is 1. The smallest absolute Gasteiger partial charge is 0.358 e. The first-order valence-electron chi connectivity index (χ1n) is 6.31. The van der Waals surface area contributed by atoms with Crippen LogP contribution in [0.5, 0.6) is 0 Å². The van der Waals surface area contributed by atoms with Gasteiger partial charge in [-0.3, -0.25) is 0 Å². The Labute approximate surface area is 107 Å². The highest BCUT2D eigenvalue weighted by atomic mass is 35.5. The van der Waals surface area contributed by atoms with E-state index in [4.69, 9.17) is 20.5 Å². The molecule has 0 saturated heterocycles. The van der Waals surface area contributed by atoms with E-state index in [1.807, 2.05) is 0 Å². The van der Waals surface area contributed by atoms with Crippen molar-refractivity contribution in [1.29, 1.82) is 0 Å². The Morgan fingerprint density at radius 1 is 1.76 bits per heavy atom. The SMILES string of the molecule is [2H]C([2H])([2H])Nc1cc(Cl)nn2c(C(=O)OCC)cnc12. The van der Waals surface area contributed by atoms with Crippen molar-refractivity contribution in [2.45, 2.75) is 6.92 Å². The van der Waals surface area contributed by atoms with Crippen molar-refractivity contribution in [3.05, 3.63) is 23.1 Å². The van der Waals surface area contributed by atoms with Gasteiger partial charge in [0.05, 0.1) is 18.5 Å². The summed E-state index contributed by atoms with van der Waals surface area (Å²) in [6.07, 6.45) is 1.25. The average Bonchev–Trinajstić information content (AvgIpc) is 2.70. The number of nitrogens with one attached hydrogen (secondary N) is 1. The standard InChI is InChI=1S/C10H11ClN4O2/c1-3-17-10(16)7-5-13-9-6(12-2)4-8(11)14-15(7)9/h4-5,12H,3H2,1-2H3/i2D3. The molecule has 0 saturated carbocycles. The monoisotopic (exact) mass is 257 g/mol. The minimum absolute atomic E-state index is 0.0211. The third-order valence-electron chi connectivity index (χ3n) is 2.06. The van der Waals surface area contributed by atoms with Crippen LogP contribution in [0, 0.1) is 0 Å². The van der Waals surface area contributed by atoms with Crippen molar-refractivity contribution in [2.24, 2.45) is 0 Å². The molecule has 0 radical (unpaired) electrons. The molecule has 2 heterocycles. The maximum absolute atomic E-state index is 11.7. The van der Waals surface area contributed by atoms with Crippen LogP contribution in [0.1, 0.15) is 21.5 Å². The molecule has 0 spiro atoms. The number of hydrogen-bond acceptors (Lipinski definition) is 5. The number of carbonyl (C=O) groups is 1. The van der Waals surface area contributed by atoms with Crippen molar-refractivity contribution < 1.29 is 13.6 Å². The van der Waals surface area contributed by atoms with Crippen LogP contribution in [0.4, 0.5) is 5.69 Å². The second-order valence-electron chi connectivity index (χ2n) is 3.11. The number of fused-ring (bicyclic) bond motifs is 1. The van der Waals surface area contributed by atoms with Gasteiger partial charge in [-0.2, -0.15) is 5.10 Å². The lowest BCUT2D eigenvalue weighted by Gasteiger charge is -2.04. The molecule has 0 aliphatic heterocycles. The quantitative estimate of drug-likeness (QED) is 0.846. The summed E-state index contributed by atoms with van der Waals surface area (Å²) in [7, 11) is 0. The zero-order chi connectivity index (χ0) is 14.9. The van der Waals surface area contributed by atoms with E-state index in [1.54, 1.807) is 6.92 Å². The number of aromatic nitrogens is 3. The molecule has 17 heavy (non-hydrogen) atoms. The highest BCUT2D eigenvalue weighted by Crippen LogP contribution is 2.19.